The molecular formula is C16H21NO4. The Balaban J connectivity index is 2.70. The number of amides is 1. The second kappa shape index (κ2) is 8.92. The molecule has 0 unspecified atom stereocenters. The minimum atomic E-state index is -1.05. The number of aliphatic carboxylic acids is 1. The van der Waals surface area contributed by atoms with Gasteiger partial charge in [-0.1, -0.05) is 36.4 Å². The molecule has 1 aromatic carbocycles. The van der Waals surface area contributed by atoms with Crippen LogP contribution in [0.2, 0.25) is 0 Å². The van der Waals surface area contributed by atoms with Crippen LogP contribution in [0.3, 0.4) is 0 Å². The Bertz CT molecular complexity index is 472. The Morgan fingerprint density at radius 1 is 1.38 bits per heavy atom. The van der Waals surface area contributed by atoms with Gasteiger partial charge in [0.25, 0.3) is 5.91 Å². The SMILES string of the molecule is C=CCCC[C@H](NC(=O)[C@H](OC)c1ccccc1)C(=O)O. The third-order valence-electron chi connectivity index (χ3n) is 3.09. The molecule has 0 aliphatic rings. The number of benzene rings is 1. The average molecular weight is 291 g/mol. The first-order valence-corrected chi connectivity index (χ1v) is 6.82. The molecule has 0 fully saturated rings. The summed E-state index contributed by atoms with van der Waals surface area (Å²) in [5.41, 5.74) is 0.688. The predicted octanol–water partition coefficient (Wildman–Crippen LogP) is 2.30. The van der Waals surface area contributed by atoms with Crippen molar-refractivity contribution in [2.45, 2.75) is 31.4 Å². The van der Waals surface area contributed by atoms with Gasteiger partial charge in [0.15, 0.2) is 6.10 Å². The lowest BCUT2D eigenvalue weighted by atomic mass is 10.1. The van der Waals surface area contributed by atoms with E-state index in [4.69, 9.17) is 9.84 Å². The lowest BCUT2D eigenvalue weighted by Crippen LogP contribution is -2.43. The standard InChI is InChI=1S/C16H21NO4/c1-3-4-6-11-13(16(19)20)17-15(18)14(21-2)12-9-7-5-8-10-12/h3,5,7-10,13-14H,1,4,6,11H2,2H3,(H,17,18)(H,19,20)/t13-,14+/m0/s1. The molecule has 0 radical (unpaired) electrons. The first-order chi connectivity index (χ1) is 10.1. The number of carboxylic acid groups (broad SMARTS) is 1. The number of carbonyl (C=O) groups is 2. The van der Waals surface area contributed by atoms with Crippen LogP contribution in [0.1, 0.15) is 30.9 Å². The van der Waals surface area contributed by atoms with E-state index in [-0.39, 0.29) is 0 Å². The number of nitrogens with one attached hydrogen (secondary N) is 1. The number of methoxy groups -OCH3 is 1. The molecule has 0 saturated carbocycles. The predicted molar refractivity (Wildman–Crippen MR) is 79.8 cm³/mol. The minimum Gasteiger partial charge on any atom is -0.480 e. The first-order valence-electron chi connectivity index (χ1n) is 6.82. The molecule has 1 aromatic rings. The van der Waals surface area contributed by atoms with Crippen LogP contribution >= 0.6 is 0 Å². The molecule has 1 amide bonds. The fraction of sp³-hybridized carbons (Fsp3) is 0.375. The molecule has 0 aliphatic carbocycles. The molecule has 114 valence electrons. The van der Waals surface area contributed by atoms with Gasteiger partial charge in [-0.25, -0.2) is 4.79 Å². The second-order valence-electron chi connectivity index (χ2n) is 4.65. The molecule has 0 bridgehead atoms. The van der Waals surface area contributed by atoms with Crippen LogP contribution in [0.25, 0.3) is 0 Å². The zero-order valence-electron chi connectivity index (χ0n) is 12.1. The van der Waals surface area contributed by atoms with Crippen molar-refractivity contribution in [3.05, 3.63) is 48.6 Å². The van der Waals surface area contributed by atoms with Crippen molar-refractivity contribution < 1.29 is 19.4 Å². The zero-order valence-corrected chi connectivity index (χ0v) is 12.1. The summed E-state index contributed by atoms with van der Waals surface area (Å²) in [6.07, 6.45) is 2.64. The van der Waals surface area contributed by atoms with E-state index in [1.807, 2.05) is 6.07 Å². The van der Waals surface area contributed by atoms with Crippen molar-refractivity contribution in [1.82, 2.24) is 5.32 Å². The molecule has 0 heterocycles. The van der Waals surface area contributed by atoms with E-state index in [0.717, 1.165) is 0 Å². The monoisotopic (exact) mass is 291 g/mol. The Labute approximate surface area is 124 Å². The summed E-state index contributed by atoms with van der Waals surface area (Å²) in [5.74, 6) is -1.50. The highest BCUT2D eigenvalue weighted by molar-refractivity contribution is 5.87. The first kappa shape index (κ1) is 16.9. The topological polar surface area (TPSA) is 75.6 Å². The van der Waals surface area contributed by atoms with Crippen molar-refractivity contribution in [2.24, 2.45) is 0 Å². The van der Waals surface area contributed by atoms with Gasteiger partial charge in [0.2, 0.25) is 0 Å². The van der Waals surface area contributed by atoms with Gasteiger partial charge in [-0.05, 0) is 24.8 Å². The van der Waals surface area contributed by atoms with E-state index < -0.39 is 24.0 Å². The smallest absolute Gasteiger partial charge is 0.326 e. The molecule has 5 heteroatoms. The lowest BCUT2D eigenvalue weighted by Gasteiger charge is -2.19. The fourth-order valence-corrected chi connectivity index (χ4v) is 1.99. The Morgan fingerprint density at radius 2 is 2.05 bits per heavy atom. The van der Waals surface area contributed by atoms with E-state index >= 15 is 0 Å². The molecule has 0 aromatic heterocycles. The Kier molecular flexibility index (Phi) is 7.18. The maximum atomic E-state index is 12.2. The van der Waals surface area contributed by atoms with Crippen molar-refractivity contribution in [1.29, 1.82) is 0 Å². The number of rotatable bonds is 9. The van der Waals surface area contributed by atoms with Crippen LogP contribution in [0, 0.1) is 0 Å². The van der Waals surface area contributed by atoms with Crippen molar-refractivity contribution in [2.75, 3.05) is 7.11 Å². The van der Waals surface area contributed by atoms with Gasteiger partial charge in [0, 0.05) is 7.11 Å². The maximum Gasteiger partial charge on any atom is 0.326 e. The van der Waals surface area contributed by atoms with Crippen molar-refractivity contribution in [3.8, 4) is 0 Å². The Morgan fingerprint density at radius 3 is 2.57 bits per heavy atom. The molecule has 0 spiro atoms. The van der Waals surface area contributed by atoms with Crippen LogP contribution in [0.4, 0.5) is 0 Å². The average Bonchev–Trinajstić information content (AvgIpc) is 2.48. The van der Waals surface area contributed by atoms with E-state index in [1.165, 1.54) is 7.11 Å². The fourth-order valence-electron chi connectivity index (χ4n) is 1.99. The second-order valence-corrected chi connectivity index (χ2v) is 4.65. The summed E-state index contributed by atoms with van der Waals surface area (Å²) in [6.45, 7) is 3.59. The number of allylic oxidation sites excluding steroid dienone is 1. The zero-order chi connectivity index (χ0) is 15.7. The maximum absolute atomic E-state index is 12.2. The highest BCUT2D eigenvalue weighted by Gasteiger charge is 2.25. The number of hydrogen-bond acceptors (Lipinski definition) is 3. The number of ether oxygens (including phenoxy) is 1. The summed E-state index contributed by atoms with van der Waals surface area (Å²) >= 11 is 0. The summed E-state index contributed by atoms with van der Waals surface area (Å²) in [7, 11) is 1.42. The van der Waals surface area contributed by atoms with E-state index in [0.29, 0.717) is 24.8 Å². The van der Waals surface area contributed by atoms with Gasteiger partial charge in [-0.3, -0.25) is 4.79 Å². The largest absolute Gasteiger partial charge is 0.480 e. The number of carboxylic acids is 1. The van der Waals surface area contributed by atoms with Gasteiger partial charge in [-0.15, -0.1) is 6.58 Å². The van der Waals surface area contributed by atoms with E-state index in [9.17, 15) is 9.59 Å². The van der Waals surface area contributed by atoms with Gasteiger partial charge in [0.05, 0.1) is 0 Å². The Hall–Kier alpha value is -2.14. The number of unbranched alkanes of at least 4 members (excludes halogenated alkanes) is 1. The summed E-state index contributed by atoms with van der Waals surface area (Å²) < 4.78 is 5.18. The minimum absolute atomic E-state index is 0.359. The van der Waals surface area contributed by atoms with Crippen LogP contribution < -0.4 is 5.32 Å². The molecule has 1 rings (SSSR count). The number of carbonyl (C=O) groups excluding carboxylic acids is 1. The van der Waals surface area contributed by atoms with Crippen LogP contribution in [0.15, 0.2) is 43.0 Å². The molecular weight excluding hydrogens is 270 g/mol. The molecule has 0 aliphatic heterocycles. The quantitative estimate of drug-likeness (QED) is 0.541. The molecule has 21 heavy (non-hydrogen) atoms. The van der Waals surface area contributed by atoms with Gasteiger partial charge >= 0.3 is 5.97 Å². The highest BCUT2D eigenvalue weighted by atomic mass is 16.5. The van der Waals surface area contributed by atoms with Crippen molar-refractivity contribution >= 4 is 11.9 Å². The van der Waals surface area contributed by atoms with Crippen molar-refractivity contribution in [3.63, 3.8) is 0 Å². The van der Waals surface area contributed by atoms with Crippen LogP contribution in [0.5, 0.6) is 0 Å². The van der Waals surface area contributed by atoms with E-state index in [1.54, 1.807) is 30.3 Å². The van der Waals surface area contributed by atoms with Gasteiger partial charge in [-0.2, -0.15) is 0 Å². The van der Waals surface area contributed by atoms with Gasteiger partial charge in [0.1, 0.15) is 6.04 Å². The normalized spacial score (nSPS) is 13.2. The van der Waals surface area contributed by atoms with Gasteiger partial charge < -0.3 is 15.2 Å². The lowest BCUT2D eigenvalue weighted by molar-refractivity contribution is -0.144. The molecule has 2 N–H and O–H groups in total. The van der Waals surface area contributed by atoms with E-state index in [2.05, 4.69) is 11.9 Å². The summed E-state index contributed by atoms with van der Waals surface area (Å²) in [5, 5.41) is 11.7. The number of hydrogen-bond donors (Lipinski definition) is 2. The third kappa shape index (κ3) is 5.39. The summed E-state index contributed by atoms with van der Waals surface area (Å²) in [6, 6.07) is 8.05. The molecule has 5 nitrogen and oxygen atoms in total. The molecule has 2 atom stereocenters. The summed E-state index contributed by atoms with van der Waals surface area (Å²) in [4.78, 5) is 23.4. The highest BCUT2D eigenvalue weighted by Crippen LogP contribution is 2.17. The molecule has 0 saturated heterocycles. The van der Waals surface area contributed by atoms with Crippen LogP contribution in [-0.2, 0) is 14.3 Å². The van der Waals surface area contributed by atoms with Crippen LogP contribution in [-0.4, -0.2) is 30.1 Å². The third-order valence-corrected chi connectivity index (χ3v) is 3.09.